The fraction of sp³-hybridized carbons (Fsp3) is 0.263. The highest BCUT2D eigenvalue weighted by atomic mass is 32.1. The van der Waals surface area contributed by atoms with Crippen molar-refractivity contribution in [3.63, 3.8) is 0 Å². The number of carbonyl (C=O) groups is 1. The zero-order chi connectivity index (χ0) is 18.1. The second kappa shape index (κ2) is 6.72. The number of fused-ring (bicyclic) bond motifs is 1. The van der Waals surface area contributed by atoms with Crippen molar-refractivity contribution in [1.82, 2.24) is 4.57 Å². The third-order valence-corrected chi connectivity index (χ3v) is 5.36. The Bertz CT molecular complexity index is 1030. The molecule has 0 bridgehead atoms. The van der Waals surface area contributed by atoms with Gasteiger partial charge in [0.1, 0.15) is 11.5 Å². The highest BCUT2D eigenvalue weighted by Crippen LogP contribution is 2.26. The molecule has 0 N–H and O–H groups in total. The van der Waals surface area contributed by atoms with Gasteiger partial charge in [0, 0.05) is 13.1 Å². The topological polar surface area (TPSA) is 52.8 Å². The van der Waals surface area contributed by atoms with Gasteiger partial charge >= 0.3 is 0 Å². The van der Waals surface area contributed by atoms with Crippen LogP contribution in [0.4, 0.5) is 0 Å². The summed E-state index contributed by atoms with van der Waals surface area (Å²) in [6.45, 7) is 4.14. The summed E-state index contributed by atoms with van der Waals surface area (Å²) in [6.07, 6.45) is 0. The number of nitrogens with zero attached hydrogens (tertiary/aromatic N) is 2. The first-order chi connectivity index (χ1) is 11.9. The van der Waals surface area contributed by atoms with Crippen LogP contribution >= 0.6 is 11.3 Å². The van der Waals surface area contributed by atoms with Crippen molar-refractivity contribution in [3.8, 4) is 11.5 Å². The van der Waals surface area contributed by atoms with E-state index in [9.17, 15) is 4.79 Å². The molecule has 0 aliphatic carbocycles. The standard InChI is InChI=1S/C19H20N2O3S/c1-11-8-12(2)17-15(9-11)21(3)19(25-17)20-18(22)14-7-6-13(23-4)10-16(14)24-5/h6-10H,1-5H3. The quantitative estimate of drug-likeness (QED) is 0.720. The van der Waals surface area contributed by atoms with Gasteiger partial charge in [0.05, 0.1) is 30.0 Å². The molecule has 3 aromatic rings. The molecule has 1 aromatic heterocycles. The molecule has 0 aliphatic rings. The van der Waals surface area contributed by atoms with E-state index in [4.69, 9.17) is 9.47 Å². The maximum absolute atomic E-state index is 12.7. The normalized spacial score (nSPS) is 11.8. The van der Waals surface area contributed by atoms with Gasteiger partial charge in [-0.05, 0) is 43.2 Å². The molecule has 2 aromatic carbocycles. The fourth-order valence-corrected chi connectivity index (χ4v) is 3.86. The van der Waals surface area contributed by atoms with E-state index in [2.05, 4.69) is 31.0 Å². The Labute approximate surface area is 150 Å². The van der Waals surface area contributed by atoms with Crippen LogP contribution in [0.2, 0.25) is 0 Å². The smallest absolute Gasteiger partial charge is 0.283 e. The predicted octanol–water partition coefficient (Wildman–Crippen LogP) is 3.61. The van der Waals surface area contributed by atoms with Crippen LogP contribution in [0.1, 0.15) is 21.5 Å². The lowest BCUT2D eigenvalue weighted by Crippen LogP contribution is -2.13. The molecule has 0 spiro atoms. The SMILES string of the molecule is COc1ccc(C(=O)N=c2sc3c(C)cc(C)cc3n2C)c(OC)c1. The van der Waals surface area contributed by atoms with Gasteiger partial charge in [-0.25, -0.2) is 0 Å². The second-order valence-electron chi connectivity index (χ2n) is 5.86. The summed E-state index contributed by atoms with van der Waals surface area (Å²) in [5.41, 5.74) is 3.86. The molecule has 5 nitrogen and oxygen atoms in total. The van der Waals surface area contributed by atoms with Gasteiger partial charge in [-0.2, -0.15) is 4.99 Å². The van der Waals surface area contributed by atoms with Crippen molar-refractivity contribution in [1.29, 1.82) is 0 Å². The Morgan fingerprint density at radius 2 is 1.88 bits per heavy atom. The summed E-state index contributed by atoms with van der Waals surface area (Å²) < 4.78 is 13.6. The Morgan fingerprint density at radius 1 is 1.12 bits per heavy atom. The first-order valence-corrected chi connectivity index (χ1v) is 8.64. The van der Waals surface area contributed by atoms with Gasteiger partial charge in [0.2, 0.25) is 0 Å². The van der Waals surface area contributed by atoms with Gasteiger partial charge in [0.25, 0.3) is 5.91 Å². The third-order valence-electron chi connectivity index (χ3n) is 4.08. The molecular weight excluding hydrogens is 336 g/mol. The van der Waals surface area contributed by atoms with Crippen LogP contribution in [0.3, 0.4) is 0 Å². The predicted molar refractivity (Wildman–Crippen MR) is 99.7 cm³/mol. The molecule has 3 rings (SSSR count). The minimum absolute atomic E-state index is 0.337. The Balaban J connectivity index is 2.12. The minimum Gasteiger partial charge on any atom is -0.497 e. The number of ether oxygens (including phenoxy) is 2. The molecule has 0 saturated carbocycles. The van der Waals surface area contributed by atoms with Gasteiger partial charge in [-0.1, -0.05) is 17.4 Å². The molecule has 0 atom stereocenters. The summed E-state index contributed by atoms with van der Waals surface area (Å²) in [7, 11) is 5.02. The number of benzene rings is 2. The van der Waals surface area contributed by atoms with Gasteiger partial charge in [-0.3, -0.25) is 4.79 Å². The number of methoxy groups -OCH3 is 2. The lowest BCUT2D eigenvalue weighted by Gasteiger charge is -2.07. The summed E-state index contributed by atoms with van der Waals surface area (Å²) in [5, 5.41) is 0. The van der Waals surface area contributed by atoms with E-state index in [0.29, 0.717) is 21.9 Å². The Kier molecular flexibility index (Phi) is 4.63. The average Bonchev–Trinajstić information content (AvgIpc) is 2.91. The first-order valence-electron chi connectivity index (χ1n) is 7.82. The van der Waals surface area contributed by atoms with Gasteiger partial charge in [-0.15, -0.1) is 0 Å². The van der Waals surface area contributed by atoms with Crippen LogP contribution in [0.5, 0.6) is 11.5 Å². The highest BCUT2D eigenvalue weighted by molar-refractivity contribution is 7.16. The highest BCUT2D eigenvalue weighted by Gasteiger charge is 2.14. The number of hydrogen-bond donors (Lipinski definition) is 0. The van der Waals surface area contributed by atoms with Crippen molar-refractivity contribution in [2.45, 2.75) is 13.8 Å². The molecular formula is C19H20N2O3S. The lowest BCUT2D eigenvalue weighted by atomic mass is 10.1. The van der Waals surface area contributed by atoms with E-state index in [0.717, 1.165) is 10.2 Å². The number of carbonyl (C=O) groups excluding carboxylic acids is 1. The molecule has 25 heavy (non-hydrogen) atoms. The summed E-state index contributed by atoms with van der Waals surface area (Å²) in [6, 6.07) is 9.32. The molecule has 0 saturated heterocycles. The zero-order valence-electron chi connectivity index (χ0n) is 14.9. The largest absolute Gasteiger partial charge is 0.497 e. The van der Waals surface area contributed by atoms with E-state index in [1.807, 2.05) is 11.6 Å². The number of aromatic nitrogens is 1. The van der Waals surface area contributed by atoms with Crippen molar-refractivity contribution in [2.75, 3.05) is 14.2 Å². The van der Waals surface area contributed by atoms with E-state index >= 15 is 0 Å². The molecule has 0 aliphatic heterocycles. The van der Waals surface area contributed by atoms with Crippen molar-refractivity contribution in [2.24, 2.45) is 12.0 Å². The molecule has 130 valence electrons. The van der Waals surface area contributed by atoms with E-state index in [-0.39, 0.29) is 5.91 Å². The van der Waals surface area contributed by atoms with Gasteiger partial charge < -0.3 is 14.0 Å². The lowest BCUT2D eigenvalue weighted by molar-refractivity contribution is 0.0995. The number of hydrogen-bond acceptors (Lipinski definition) is 4. The van der Waals surface area contributed by atoms with E-state index in [1.165, 1.54) is 29.6 Å². The van der Waals surface area contributed by atoms with Crippen LogP contribution in [0, 0.1) is 13.8 Å². The molecule has 0 radical (unpaired) electrons. The van der Waals surface area contributed by atoms with Crippen molar-refractivity contribution in [3.05, 3.63) is 51.8 Å². The summed E-state index contributed by atoms with van der Waals surface area (Å²) in [5.74, 6) is 0.742. The number of thiazole rings is 1. The molecule has 6 heteroatoms. The van der Waals surface area contributed by atoms with Crippen molar-refractivity contribution >= 4 is 27.5 Å². The van der Waals surface area contributed by atoms with Crippen LogP contribution < -0.4 is 14.3 Å². The Morgan fingerprint density at radius 3 is 2.56 bits per heavy atom. The molecule has 0 unspecified atom stereocenters. The maximum atomic E-state index is 12.7. The summed E-state index contributed by atoms with van der Waals surface area (Å²) in [4.78, 5) is 17.7. The summed E-state index contributed by atoms with van der Waals surface area (Å²) >= 11 is 1.51. The van der Waals surface area contributed by atoms with Crippen LogP contribution in [0.25, 0.3) is 10.2 Å². The van der Waals surface area contributed by atoms with Crippen LogP contribution in [-0.4, -0.2) is 24.7 Å². The number of amides is 1. The van der Waals surface area contributed by atoms with Crippen LogP contribution in [-0.2, 0) is 7.05 Å². The van der Waals surface area contributed by atoms with E-state index < -0.39 is 0 Å². The number of rotatable bonds is 3. The molecule has 1 amide bonds. The van der Waals surface area contributed by atoms with Crippen LogP contribution in [0.15, 0.2) is 35.3 Å². The number of aryl methyl sites for hydroxylation is 3. The molecule has 0 fully saturated rings. The average molecular weight is 356 g/mol. The zero-order valence-corrected chi connectivity index (χ0v) is 15.7. The fourth-order valence-electron chi connectivity index (χ4n) is 2.80. The first kappa shape index (κ1) is 17.2. The third kappa shape index (κ3) is 3.17. The monoisotopic (exact) mass is 356 g/mol. The van der Waals surface area contributed by atoms with Gasteiger partial charge in [0.15, 0.2) is 4.80 Å². The Hall–Kier alpha value is -2.60. The molecule has 1 heterocycles. The van der Waals surface area contributed by atoms with E-state index in [1.54, 1.807) is 25.3 Å². The van der Waals surface area contributed by atoms with Crippen molar-refractivity contribution < 1.29 is 14.3 Å². The maximum Gasteiger partial charge on any atom is 0.283 e. The minimum atomic E-state index is -0.337. The second-order valence-corrected chi connectivity index (χ2v) is 6.83.